The van der Waals surface area contributed by atoms with Gasteiger partial charge in [-0.05, 0) is 37.1 Å². The highest BCUT2D eigenvalue weighted by molar-refractivity contribution is 7.98. The van der Waals surface area contributed by atoms with Crippen LogP contribution >= 0.6 is 11.8 Å². The molecule has 158 valence electrons. The number of para-hydroxylation sites is 2. The van der Waals surface area contributed by atoms with E-state index in [1.807, 2.05) is 30.3 Å². The fraction of sp³-hybridized carbons (Fsp3) is 0.167. The first-order chi connectivity index (χ1) is 15.7. The van der Waals surface area contributed by atoms with Gasteiger partial charge in [-0.3, -0.25) is 0 Å². The van der Waals surface area contributed by atoms with Gasteiger partial charge >= 0.3 is 0 Å². The minimum absolute atomic E-state index is 0.568. The average Bonchev–Trinajstić information content (AvgIpc) is 3.49. The van der Waals surface area contributed by atoms with Gasteiger partial charge < -0.3 is 8.98 Å². The largest absolute Gasteiger partial charge is 0.431 e. The molecule has 0 saturated heterocycles. The van der Waals surface area contributed by atoms with Crippen molar-refractivity contribution in [1.82, 2.24) is 29.1 Å². The number of hydrogen-bond acceptors (Lipinski definition) is 6. The first kappa shape index (κ1) is 19.1. The summed E-state index contributed by atoms with van der Waals surface area (Å²) in [6.07, 6.45) is 1.75. The predicted octanol–water partition coefficient (Wildman–Crippen LogP) is 5.18. The lowest BCUT2D eigenvalue weighted by Gasteiger charge is -2.07. The van der Waals surface area contributed by atoms with Crippen LogP contribution < -0.4 is 0 Å². The highest BCUT2D eigenvalue weighted by atomic mass is 32.2. The fourth-order valence-corrected chi connectivity index (χ4v) is 4.72. The van der Waals surface area contributed by atoms with Crippen LogP contribution in [0.3, 0.4) is 0 Å². The molecular weight excluding hydrogens is 420 g/mol. The van der Waals surface area contributed by atoms with E-state index in [-0.39, 0.29) is 0 Å². The van der Waals surface area contributed by atoms with Crippen LogP contribution in [0.15, 0.2) is 70.6 Å². The van der Waals surface area contributed by atoms with Crippen LogP contribution in [0, 0.1) is 13.8 Å². The molecule has 0 fully saturated rings. The van der Waals surface area contributed by atoms with Crippen molar-refractivity contribution >= 4 is 39.5 Å². The van der Waals surface area contributed by atoms with E-state index in [0.717, 1.165) is 40.1 Å². The van der Waals surface area contributed by atoms with E-state index in [0.29, 0.717) is 11.0 Å². The normalized spacial score (nSPS) is 11.8. The molecule has 0 atom stereocenters. The van der Waals surface area contributed by atoms with Gasteiger partial charge in [0.15, 0.2) is 17.1 Å². The second-order valence-corrected chi connectivity index (χ2v) is 8.68. The Morgan fingerprint density at radius 3 is 2.59 bits per heavy atom. The Morgan fingerprint density at radius 1 is 0.938 bits per heavy atom. The third-order valence-electron chi connectivity index (χ3n) is 5.77. The Hall–Kier alpha value is -3.65. The summed E-state index contributed by atoms with van der Waals surface area (Å²) in [5, 5.41) is 6.31. The van der Waals surface area contributed by atoms with E-state index in [9.17, 15) is 0 Å². The van der Waals surface area contributed by atoms with E-state index < -0.39 is 0 Å². The Labute approximate surface area is 188 Å². The van der Waals surface area contributed by atoms with Crippen LogP contribution in [-0.2, 0) is 12.3 Å². The lowest BCUT2D eigenvalue weighted by atomic mass is 10.2. The summed E-state index contributed by atoms with van der Waals surface area (Å²) < 4.78 is 9.82. The summed E-state index contributed by atoms with van der Waals surface area (Å²) in [6.45, 7) is 5.04. The molecule has 0 saturated carbocycles. The molecule has 0 aliphatic rings. The number of aromatic nitrogens is 6. The molecule has 0 unspecified atom stereocenters. The quantitative estimate of drug-likeness (QED) is 0.344. The Bertz CT molecular complexity index is 1550. The first-order valence-corrected chi connectivity index (χ1v) is 11.4. The number of aryl methyl sites for hydroxylation is 1. The maximum atomic E-state index is 5.80. The summed E-state index contributed by atoms with van der Waals surface area (Å²) in [4.78, 5) is 14.1. The lowest BCUT2D eigenvalue weighted by Crippen LogP contribution is -2.03. The third kappa shape index (κ3) is 3.15. The van der Waals surface area contributed by atoms with Gasteiger partial charge in [-0.1, -0.05) is 54.2 Å². The number of nitrogens with zero attached hydrogens (tertiary/aromatic N) is 6. The SMILES string of the molecule is Cc1c(C)n(Cc2ccccc2)c2ncn3nc(CSc4nc5ccccc5o4)nc3c12. The van der Waals surface area contributed by atoms with E-state index >= 15 is 0 Å². The maximum absolute atomic E-state index is 5.80. The van der Waals surface area contributed by atoms with E-state index in [2.05, 4.69) is 52.8 Å². The van der Waals surface area contributed by atoms with E-state index in [4.69, 9.17) is 14.4 Å². The minimum Gasteiger partial charge on any atom is -0.431 e. The van der Waals surface area contributed by atoms with Crippen molar-refractivity contribution in [3.63, 3.8) is 0 Å². The van der Waals surface area contributed by atoms with Gasteiger partial charge in [0.1, 0.15) is 17.5 Å². The number of rotatable bonds is 5. The highest BCUT2D eigenvalue weighted by Gasteiger charge is 2.18. The summed E-state index contributed by atoms with van der Waals surface area (Å²) in [5.41, 5.74) is 7.02. The molecule has 4 aromatic heterocycles. The smallest absolute Gasteiger partial charge is 0.257 e. The molecule has 0 N–H and O–H groups in total. The number of benzene rings is 2. The second kappa shape index (κ2) is 7.49. The molecule has 0 amide bonds. The van der Waals surface area contributed by atoms with Crippen LogP contribution in [0.25, 0.3) is 27.8 Å². The van der Waals surface area contributed by atoms with Crippen molar-refractivity contribution in [3.05, 3.63) is 83.6 Å². The fourth-order valence-electron chi connectivity index (χ4n) is 4.03. The standard InChI is InChI=1S/C24H20N6OS/c1-15-16(2)29(12-17-8-4-3-5-9-17)22-21(15)23-27-20(28-30(23)14-25-22)13-32-24-26-18-10-6-7-11-19(18)31-24/h3-11,14H,12-13H2,1-2H3. The molecule has 0 aliphatic carbocycles. The zero-order chi connectivity index (χ0) is 21.7. The van der Waals surface area contributed by atoms with Crippen molar-refractivity contribution in [1.29, 1.82) is 0 Å². The molecule has 7 nitrogen and oxygen atoms in total. The molecular formula is C24H20N6OS. The molecule has 32 heavy (non-hydrogen) atoms. The molecule has 2 aromatic carbocycles. The van der Waals surface area contributed by atoms with Crippen LogP contribution in [-0.4, -0.2) is 29.1 Å². The monoisotopic (exact) mass is 440 g/mol. The Morgan fingerprint density at radius 2 is 1.75 bits per heavy atom. The number of fused-ring (bicyclic) bond motifs is 4. The first-order valence-electron chi connectivity index (χ1n) is 10.4. The zero-order valence-electron chi connectivity index (χ0n) is 17.7. The number of thioether (sulfide) groups is 1. The molecule has 0 radical (unpaired) electrons. The summed E-state index contributed by atoms with van der Waals surface area (Å²) in [7, 11) is 0. The average molecular weight is 441 g/mol. The second-order valence-electron chi connectivity index (χ2n) is 7.76. The summed E-state index contributed by atoms with van der Waals surface area (Å²) >= 11 is 1.49. The van der Waals surface area contributed by atoms with Gasteiger partial charge in [-0.25, -0.2) is 19.5 Å². The number of oxazole rings is 1. The zero-order valence-corrected chi connectivity index (χ0v) is 18.5. The van der Waals surface area contributed by atoms with Crippen molar-refractivity contribution < 1.29 is 4.42 Å². The topological polar surface area (TPSA) is 74.0 Å². The molecule has 4 heterocycles. The van der Waals surface area contributed by atoms with E-state index in [1.54, 1.807) is 10.8 Å². The van der Waals surface area contributed by atoms with Gasteiger partial charge in [0, 0.05) is 12.2 Å². The summed E-state index contributed by atoms with van der Waals surface area (Å²) in [6, 6.07) is 18.2. The molecule has 0 spiro atoms. The molecule has 6 rings (SSSR count). The van der Waals surface area contributed by atoms with Gasteiger partial charge in [-0.2, -0.15) is 0 Å². The predicted molar refractivity (Wildman–Crippen MR) is 125 cm³/mol. The van der Waals surface area contributed by atoms with Crippen LogP contribution in [0.1, 0.15) is 22.6 Å². The molecule has 6 aromatic rings. The van der Waals surface area contributed by atoms with Crippen molar-refractivity contribution in [2.24, 2.45) is 0 Å². The molecule has 0 bridgehead atoms. The van der Waals surface area contributed by atoms with Crippen LogP contribution in [0.4, 0.5) is 0 Å². The van der Waals surface area contributed by atoms with Crippen LogP contribution in [0.5, 0.6) is 0 Å². The lowest BCUT2D eigenvalue weighted by molar-refractivity contribution is 0.489. The highest BCUT2D eigenvalue weighted by Crippen LogP contribution is 2.29. The van der Waals surface area contributed by atoms with Gasteiger partial charge in [-0.15, -0.1) is 5.10 Å². The third-order valence-corrected chi connectivity index (χ3v) is 6.60. The van der Waals surface area contributed by atoms with Crippen LogP contribution in [0.2, 0.25) is 0 Å². The minimum atomic E-state index is 0.568. The Kier molecular flexibility index (Phi) is 4.46. The van der Waals surface area contributed by atoms with Crippen molar-refractivity contribution in [3.8, 4) is 0 Å². The maximum Gasteiger partial charge on any atom is 0.257 e. The van der Waals surface area contributed by atoms with Gasteiger partial charge in [0.05, 0.1) is 11.1 Å². The molecule has 0 aliphatic heterocycles. The van der Waals surface area contributed by atoms with Crippen molar-refractivity contribution in [2.45, 2.75) is 31.4 Å². The number of hydrogen-bond donors (Lipinski definition) is 0. The molecule has 8 heteroatoms. The van der Waals surface area contributed by atoms with Gasteiger partial charge in [0.2, 0.25) is 0 Å². The Balaban J connectivity index is 1.35. The van der Waals surface area contributed by atoms with E-state index in [1.165, 1.54) is 28.6 Å². The van der Waals surface area contributed by atoms with Gasteiger partial charge in [0.25, 0.3) is 5.22 Å². The summed E-state index contributed by atoms with van der Waals surface area (Å²) in [5.74, 6) is 1.29. The van der Waals surface area contributed by atoms with Crippen molar-refractivity contribution in [2.75, 3.05) is 0 Å².